The van der Waals surface area contributed by atoms with Gasteiger partial charge in [-0.05, 0) is 46.7 Å². The maximum atomic E-state index is 11.5. The van der Waals surface area contributed by atoms with E-state index in [1.165, 1.54) is 12.8 Å². The second-order valence-electron chi connectivity index (χ2n) is 5.84. The summed E-state index contributed by atoms with van der Waals surface area (Å²) in [5.74, 6) is -0.762. The molecule has 0 aromatic carbocycles. The number of unbranched alkanes of at least 4 members (excludes halogenated alkanes) is 2. The minimum Gasteiger partial charge on any atom is -0.480 e. The van der Waals surface area contributed by atoms with Crippen molar-refractivity contribution in [2.45, 2.75) is 71.9 Å². The summed E-state index contributed by atoms with van der Waals surface area (Å²) in [6.45, 7) is 12.6. The molecule has 0 heterocycles. The van der Waals surface area contributed by atoms with Crippen LogP contribution in [0, 0.1) is 0 Å². The molecule has 0 saturated carbocycles. The van der Waals surface area contributed by atoms with Crippen LogP contribution in [0.15, 0.2) is 0 Å². The SMILES string of the molecule is CCCCCN(CC(C)(NCCC)C(=O)O)C(C)C. The third-order valence-electron chi connectivity index (χ3n) is 3.54. The maximum Gasteiger partial charge on any atom is 0.324 e. The molecule has 0 aromatic heterocycles. The molecule has 4 heteroatoms. The number of carboxylic acids is 1. The average Bonchev–Trinajstić information content (AvgIpc) is 2.35. The first-order chi connectivity index (χ1) is 8.87. The number of hydrogen-bond donors (Lipinski definition) is 2. The molecule has 1 unspecified atom stereocenters. The van der Waals surface area contributed by atoms with E-state index in [0.717, 1.165) is 25.9 Å². The number of nitrogens with one attached hydrogen (secondary N) is 1. The Morgan fingerprint density at radius 3 is 2.32 bits per heavy atom. The highest BCUT2D eigenvalue weighted by molar-refractivity contribution is 5.78. The smallest absolute Gasteiger partial charge is 0.324 e. The predicted molar refractivity (Wildman–Crippen MR) is 80.6 cm³/mol. The Morgan fingerprint density at radius 2 is 1.89 bits per heavy atom. The van der Waals surface area contributed by atoms with Crippen LogP contribution in [0.5, 0.6) is 0 Å². The minimum atomic E-state index is -0.855. The van der Waals surface area contributed by atoms with Crippen molar-refractivity contribution in [2.24, 2.45) is 0 Å². The van der Waals surface area contributed by atoms with E-state index < -0.39 is 11.5 Å². The van der Waals surface area contributed by atoms with E-state index in [1.807, 2.05) is 0 Å². The van der Waals surface area contributed by atoms with Crippen LogP contribution in [0.2, 0.25) is 0 Å². The zero-order valence-electron chi connectivity index (χ0n) is 13.3. The van der Waals surface area contributed by atoms with Gasteiger partial charge in [0.2, 0.25) is 0 Å². The van der Waals surface area contributed by atoms with Gasteiger partial charge in [-0.25, -0.2) is 0 Å². The molecular formula is C15H32N2O2. The van der Waals surface area contributed by atoms with E-state index in [1.54, 1.807) is 6.92 Å². The molecule has 0 fully saturated rings. The van der Waals surface area contributed by atoms with Crippen LogP contribution in [0.3, 0.4) is 0 Å². The molecule has 0 saturated heterocycles. The van der Waals surface area contributed by atoms with Gasteiger partial charge in [-0.3, -0.25) is 9.69 Å². The van der Waals surface area contributed by atoms with Crippen molar-refractivity contribution >= 4 is 5.97 Å². The van der Waals surface area contributed by atoms with Gasteiger partial charge >= 0.3 is 5.97 Å². The third-order valence-corrected chi connectivity index (χ3v) is 3.54. The van der Waals surface area contributed by atoms with Gasteiger partial charge in [-0.2, -0.15) is 0 Å². The van der Waals surface area contributed by atoms with Crippen LogP contribution in [0.1, 0.15) is 60.3 Å². The average molecular weight is 272 g/mol. The molecule has 2 N–H and O–H groups in total. The van der Waals surface area contributed by atoms with Gasteiger partial charge < -0.3 is 10.4 Å². The molecule has 1 atom stereocenters. The van der Waals surface area contributed by atoms with Crippen LogP contribution >= 0.6 is 0 Å². The van der Waals surface area contributed by atoms with Gasteiger partial charge in [0.25, 0.3) is 0 Å². The van der Waals surface area contributed by atoms with Crippen LogP contribution in [-0.2, 0) is 4.79 Å². The van der Waals surface area contributed by atoms with Crippen LogP contribution in [0.4, 0.5) is 0 Å². The van der Waals surface area contributed by atoms with Gasteiger partial charge in [0.15, 0.2) is 0 Å². The Bertz CT molecular complexity index is 257. The molecule has 0 rings (SSSR count). The summed E-state index contributed by atoms with van der Waals surface area (Å²) in [4.78, 5) is 13.8. The number of nitrogens with zero attached hydrogens (tertiary/aromatic N) is 1. The first-order valence-corrected chi connectivity index (χ1v) is 7.59. The molecule has 114 valence electrons. The summed E-state index contributed by atoms with van der Waals surface area (Å²) in [5, 5.41) is 12.7. The fourth-order valence-corrected chi connectivity index (χ4v) is 2.09. The number of hydrogen-bond acceptors (Lipinski definition) is 3. The van der Waals surface area contributed by atoms with Crippen molar-refractivity contribution < 1.29 is 9.90 Å². The molecule has 0 aliphatic rings. The van der Waals surface area contributed by atoms with Crippen molar-refractivity contribution in [3.8, 4) is 0 Å². The Morgan fingerprint density at radius 1 is 1.26 bits per heavy atom. The summed E-state index contributed by atoms with van der Waals surface area (Å²) < 4.78 is 0. The minimum absolute atomic E-state index is 0.374. The summed E-state index contributed by atoms with van der Waals surface area (Å²) in [5.41, 5.74) is -0.855. The highest BCUT2D eigenvalue weighted by Crippen LogP contribution is 2.12. The molecule has 0 aliphatic carbocycles. The van der Waals surface area contributed by atoms with Crippen molar-refractivity contribution in [1.29, 1.82) is 0 Å². The van der Waals surface area contributed by atoms with E-state index in [9.17, 15) is 9.90 Å². The topological polar surface area (TPSA) is 52.6 Å². The molecule has 0 bridgehead atoms. The molecule has 0 spiro atoms. The molecule has 0 aliphatic heterocycles. The first-order valence-electron chi connectivity index (χ1n) is 7.59. The van der Waals surface area contributed by atoms with Crippen molar-refractivity contribution in [2.75, 3.05) is 19.6 Å². The first kappa shape index (κ1) is 18.4. The van der Waals surface area contributed by atoms with Gasteiger partial charge in [-0.15, -0.1) is 0 Å². The second kappa shape index (κ2) is 9.32. The molecule has 4 nitrogen and oxygen atoms in total. The second-order valence-corrected chi connectivity index (χ2v) is 5.84. The molecule has 0 aromatic rings. The van der Waals surface area contributed by atoms with E-state index in [0.29, 0.717) is 12.6 Å². The lowest BCUT2D eigenvalue weighted by Gasteiger charge is -2.35. The number of carbonyl (C=O) groups is 1. The van der Waals surface area contributed by atoms with Crippen LogP contribution < -0.4 is 5.32 Å². The van der Waals surface area contributed by atoms with E-state index in [2.05, 4.69) is 37.9 Å². The summed E-state index contributed by atoms with van der Waals surface area (Å²) in [7, 11) is 0. The summed E-state index contributed by atoms with van der Waals surface area (Å²) >= 11 is 0. The highest BCUT2D eigenvalue weighted by Gasteiger charge is 2.34. The molecule has 0 amide bonds. The van der Waals surface area contributed by atoms with E-state index in [-0.39, 0.29) is 0 Å². The monoisotopic (exact) mass is 272 g/mol. The number of rotatable bonds is 11. The van der Waals surface area contributed by atoms with E-state index >= 15 is 0 Å². The quantitative estimate of drug-likeness (QED) is 0.568. The number of carboxylic acid groups (broad SMARTS) is 1. The fourth-order valence-electron chi connectivity index (χ4n) is 2.09. The fraction of sp³-hybridized carbons (Fsp3) is 0.933. The van der Waals surface area contributed by atoms with Crippen molar-refractivity contribution in [1.82, 2.24) is 10.2 Å². The standard InChI is InChI=1S/C15H32N2O2/c1-6-8-9-11-17(13(3)4)12-15(5,14(18)19)16-10-7-2/h13,16H,6-12H2,1-5H3,(H,18,19). The van der Waals surface area contributed by atoms with Crippen molar-refractivity contribution in [3.63, 3.8) is 0 Å². The lowest BCUT2D eigenvalue weighted by molar-refractivity contribution is -0.145. The zero-order chi connectivity index (χ0) is 14.9. The lowest BCUT2D eigenvalue weighted by Crippen LogP contribution is -2.58. The molecular weight excluding hydrogens is 240 g/mol. The lowest BCUT2D eigenvalue weighted by atomic mass is 10.0. The van der Waals surface area contributed by atoms with E-state index in [4.69, 9.17) is 0 Å². The van der Waals surface area contributed by atoms with Gasteiger partial charge in [0.1, 0.15) is 5.54 Å². The predicted octanol–water partition coefficient (Wildman–Crippen LogP) is 2.73. The zero-order valence-corrected chi connectivity index (χ0v) is 13.3. The Kier molecular flexibility index (Phi) is 9.02. The van der Waals surface area contributed by atoms with Crippen molar-refractivity contribution in [3.05, 3.63) is 0 Å². The largest absolute Gasteiger partial charge is 0.480 e. The summed E-state index contributed by atoms with van der Waals surface area (Å²) in [6, 6.07) is 0.374. The normalized spacial score (nSPS) is 14.9. The van der Waals surface area contributed by atoms with Gasteiger partial charge in [0.05, 0.1) is 0 Å². The summed E-state index contributed by atoms with van der Waals surface area (Å²) in [6.07, 6.45) is 4.48. The Balaban J connectivity index is 4.60. The van der Waals surface area contributed by atoms with Crippen LogP contribution in [-0.4, -0.2) is 47.2 Å². The Labute approximate surface area is 118 Å². The number of aliphatic carboxylic acids is 1. The molecule has 0 radical (unpaired) electrons. The van der Waals surface area contributed by atoms with Gasteiger partial charge in [0, 0.05) is 12.6 Å². The van der Waals surface area contributed by atoms with Gasteiger partial charge in [-0.1, -0.05) is 26.7 Å². The highest BCUT2D eigenvalue weighted by atomic mass is 16.4. The Hall–Kier alpha value is -0.610. The van der Waals surface area contributed by atoms with Crippen LogP contribution in [0.25, 0.3) is 0 Å². The maximum absolute atomic E-state index is 11.5. The molecule has 19 heavy (non-hydrogen) atoms. The third kappa shape index (κ3) is 6.92.